The van der Waals surface area contributed by atoms with Gasteiger partial charge in [0.2, 0.25) is 5.91 Å². The normalized spacial score (nSPS) is 15.0. The molecule has 0 radical (unpaired) electrons. The third kappa shape index (κ3) is 6.13. The van der Waals surface area contributed by atoms with Crippen molar-refractivity contribution in [2.75, 3.05) is 50.2 Å². The molecule has 1 amide bonds. The van der Waals surface area contributed by atoms with Crippen molar-refractivity contribution in [1.82, 2.24) is 4.90 Å². The number of carbonyl (C=O) groups is 2. The van der Waals surface area contributed by atoms with E-state index in [1.54, 1.807) is 31.4 Å². The van der Waals surface area contributed by atoms with E-state index in [4.69, 9.17) is 14.2 Å². The van der Waals surface area contributed by atoms with Crippen molar-refractivity contribution in [2.45, 2.75) is 26.4 Å². The first-order chi connectivity index (χ1) is 15.5. The number of nitrogens with one attached hydrogen (secondary N) is 1. The lowest BCUT2D eigenvalue weighted by molar-refractivity contribution is -0.157. The molecular weight excluding hydrogens is 410 g/mol. The SMILES string of the molecule is CCC(Oc1ccccc1NC(C)=O)C(=O)OCN1CCN(c2ccccc2OC)CC1. The molecule has 2 aromatic rings. The molecular formula is C24H31N3O5. The lowest BCUT2D eigenvalue weighted by Crippen LogP contribution is -2.48. The van der Waals surface area contributed by atoms with Crippen molar-refractivity contribution < 1.29 is 23.8 Å². The zero-order valence-corrected chi connectivity index (χ0v) is 18.9. The molecule has 1 aliphatic heterocycles. The number of hydrogen-bond acceptors (Lipinski definition) is 7. The van der Waals surface area contributed by atoms with E-state index in [2.05, 4.69) is 21.2 Å². The summed E-state index contributed by atoms with van der Waals surface area (Å²) in [6.45, 7) is 6.68. The van der Waals surface area contributed by atoms with E-state index in [9.17, 15) is 9.59 Å². The highest BCUT2D eigenvalue weighted by Gasteiger charge is 2.24. The van der Waals surface area contributed by atoms with Gasteiger partial charge in [-0.3, -0.25) is 9.69 Å². The first-order valence-corrected chi connectivity index (χ1v) is 10.8. The van der Waals surface area contributed by atoms with E-state index in [1.807, 2.05) is 25.1 Å². The maximum Gasteiger partial charge on any atom is 0.348 e. The highest BCUT2D eigenvalue weighted by molar-refractivity contribution is 5.90. The van der Waals surface area contributed by atoms with Crippen LogP contribution in [0.2, 0.25) is 0 Å². The number of methoxy groups -OCH3 is 1. The molecule has 0 aliphatic carbocycles. The lowest BCUT2D eigenvalue weighted by Gasteiger charge is -2.36. The first kappa shape index (κ1) is 23.4. The average molecular weight is 442 g/mol. The van der Waals surface area contributed by atoms with E-state index in [0.29, 0.717) is 17.9 Å². The van der Waals surface area contributed by atoms with Gasteiger partial charge in [-0.05, 0) is 30.7 Å². The fraction of sp³-hybridized carbons (Fsp3) is 0.417. The molecule has 0 saturated carbocycles. The van der Waals surface area contributed by atoms with Crippen LogP contribution in [-0.2, 0) is 14.3 Å². The molecule has 3 rings (SSSR count). The summed E-state index contributed by atoms with van der Waals surface area (Å²) < 4.78 is 16.9. The second-order valence-corrected chi connectivity index (χ2v) is 7.56. The molecule has 1 saturated heterocycles. The fourth-order valence-electron chi connectivity index (χ4n) is 3.57. The summed E-state index contributed by atoms with van der Waals surface area (Å²) in [5, 5.41) is 2.71. The van der Waals surface area contributed by atoms with Gasteiger partial charge in [-0.25, -0.2) is 4.79 Å². The van der Waals surface area contributed by atoms with Gasteiger partial charge in [0, 0.05) is 33.1 Å². The molecule has 8 heteroatoms. The largest absolute Gasteiger partial charge is 0.495 e. The summed E-state index contributed by atoms with van der Waals surface area (Å²) >= 11 is 0. The molecule has 0 spiro atoms. The van der Waals surface area contributed by atoms with Gasteiger partial charge in [-0.15, -0.1) is 0 Å². The summed E-state index contributed by atoms with van der Waals surface area (Å²) in [7, 11) is 1.68. The standard InChI is InChI=1S/C24H31N3O5/c1-4-21(32-22-11-7-5-9-19(22)25-18(2)28)24(29)31-17-26-13-15-27(16-14-26)20-10-6-8-12-23(20)30-3/h5-12,21H,4,13-17H2,1-3H3,(H,25,28). The van der Waals surface area contributed by atoms with Crippen LogP contribution in [0.15, 0.2) is 48.5 Å². The van der Waals surface area contributed by atoms with E-state index >= 15 is 0 Å². The molecule has 1 N–H and O–H groups in total. The van der Waals surface area contributed by atoms with E-state index in [1.165, 1.54) is 6.92 Å². The highest BCUT2D eigenvalue weighted by atomic mass is 16.6. The number of rotatable bonds is 9. The second-order valence-electron chi connectivity index (χ2n) is 7.56. The summed E-state index contributed by atoms with van der Waals surface area (Å²) in [5.74, 6) is 0.674. The summed E-state index contributed by atoms with van der Waals surface area (Å²) in [5.41, 5.74) is 1.60. The fourth-order valence-corrected chi connectivity index (χ4v) is 3.57. The quantitative estimate of drug-likeness (QED) is 0.599. The molecule has 32 heavy (non-hydrogen) atoms. The van der Waals surface area contributed by atoms with E-state index < -0.39 is 12.1 Å². The smallest absolute Gasteiger partial charge is 0.348 e. The van der Waals surface area contributed by atoms with Crippen LogP contribution in [0.5, 0.6) is 11.5 Å². The number of esters is 1. The van der Waals surface area contributed by atoms with Crippen LogP contribution >= 0.6 is 0 Å². The van der Waals surface area contributed by atoms with Crippen LogP contribution in [0.1, 0.15) is 20.3 Å². The highest BCUT2D eigenvalue weighted by Crippen LogP contribution is 2.28. The van der Waals surface area contributed by atoms with Gasteiger partial charge in [0.15, 0.2) is 6.10 Å². The van der Waals surface area contributed by atoms with E-state index in [0.717, 1.165) is 37.6 Å². The maximum atomic E-state index is 12.6. The molecule has 1 aliphatic rings. The number of hydrogen-bond donors (Lipinski definition) is 1. The van der Waals surface area contributed by atoms with Crippen molar-refractivity contribution >= 4 is 23.3 Å². The van der Waals surface area contributed by atoms with Crippen molar-refractivity contribution in [3.8, 4) is 11.5 Å². The number of amides is 1. The summed E-state index contributed by atoms with van der Waals surface area (Å²) in [4.78, 5) is 28.4. The zero-order chi connectivity index (χ0) is 22.9. The first-order valence-electron chi connectivity index (χ1n) is 10.8. The molecule has 0 aromatic heterocycles. The van der Waals surface area contributed by atoms with Crippen LogP contribution in [0.25, 0.3) is 0 Å². The average Bonchev–Trinajstić information content (AvgIpc) is 2.82. The number of carbonyl (C=O) groups excluding carboxylic acids is 2. The van der Waals surface area contributed by atoms with Gasteiger partial charge < -0.3 is 24.4 Å². The summed E-state index contributed by atoms with van der Waals surface area (Å²) in [6, 6.07) is 15.0. The Morgan fingerprint density at radius 3 is 2.31 bits per heavy atom. The van der Waals surface area contributed by atoms with Crippen LogP contribution in [0.3, 0.4) is 0 Å². The lowest BCUT2D eigenvalue weighted by atomic mass is 10.2. The molecule has 1 heterocycles. The van der Waals surface area contributed by atoms with Crippen LogP contribution in [0.4, 0.5) is 11.4 Å². The number of benzene rings is 2. The van der Waals surface area contributed by atoms with Gasteiger partial charge >= 0.3 is 5.97 Å². The van der Waals surface area contributed by atoms with E-state index in [-0.39, 0.29) is 12.6 Å². The van der Waals surface area contributed by atoms with Crippen molar-refractivity contribution in [3.63, 3.8) is 0 Å². The van der Waals surface area contributed by atoms with Crippen molar-refractivity contribution in [1.29, 1.82) is 0 Å². The third-order valence-corrected chi connectivity index (χ3v) is 5.29. The minimum Gasteiger partial charge on any atom is -0.495 e. The molecule has 1 atom stereocenters. The maximum absolute atomic E-state index is 12.6. The predicted octanol–water partition coefficient (Wildman–Crippen LogP) is 3.13. The Balaban J connectivity index is 1.50. The molecule has 2 aromatic carbocycles. The minimum atomic E-state index is -0.750. The Hall–Kier alpha value is -3.26. The number of ether oxygens (including phenoxy) is 3. The van der Waals surface area contributed by atoms with Gasteiger partial charge in [-0.1, -0.05) is 31.2 Å². The molecule has 1 unspecified atom stereocenters. The molecule has 1 fully saturated rings. The van der Waals surface area contributed by atoms with Gasteiger partial charge in [0.05, 0.1) is 18.5 Å². The van der Waals surface area contributed by atoms with Crippen molar-refractivity contribution in [2.24, 2.45) is 0 Å². The molecule has 172 valence electrons. The van der Waals surface area contributed by atoms with Crippen LogP contribution < -0.4 is 19.7 Å². The monoisotopic (exact) mass is 441 g/mol. The Bertz CT molecular complexity index is 912. The number of piperazine rings is 1. The van der Waals surface area contributed by atoms with Gasteiger partial charge in [0.1, 0.15) is 18.2 Å². The van der Waals surface area contributed by atoms with Gasteiger partial charge in [-0.2, -0.15) is 0 Å². The predicted molar refractivity (Wildman–Crippen MR) is 123 cm³/mol. The Morgan fingerprint density at radius 1 is 1.00 bits per heavy atom. The number of nitrogens with zero attached hydrogens (tertiary/aromatic N) is 2. The van der Waals surface area contributed by atoms with Crippen LogP contribution in [-0.4, -0.2) is 62.9 Å². The molecule has 8 nitrogen and oxygen atoms in total. The Morgan fingerprint density at radius 2 is 1.66 bits per heavy atom. The van der Waals surface area contributed by atoms with Crippen molar-refractivity contribution in [3.05, 3.63) is 48.5 Å². The number of para-hydroxylation sites is 4. The number of anilines is 2. The summed E-state index contributed by atoms with van der Waals surface area (Å²) in [6.07, 6.45) is -0.297. The zero-order valence-electron chi connectivity index (χ0n) is 18.9. The van der Waals surface area contributed by atoms with Crippen LogP contribution in [0, 0.1) is 0 Å². The minimum absolute atomic E-state index is 0.205. The Kier molecular flexibility index (Phi) is 8.33. The third-order valence-electron chi connectivity index (χ3n) is 5.29. The second kappa shape index (κ2) is 11.4. The Labute approximate surface area is 189 Å². The topological polar surface area (TPSA) is 80.3 Å². The molecule has 0 bridgehead atoms. The van der Waals surface area contributed by atoms with Gasteiger partial charge in [0.25, 0.3) is 0 Å².